The molecule has 0 amide bonds. The van der Waals surface area contributed by atoms with Crippen LogP contribution in [0.15, 0.2) is 0 Å². The predicted molar refractivity (Wildman–Crippen MR) is 58.2 cm³/mol. The summed E-state index contributed by atoms with van der Waals surface area (Å²) in [6, 6.07) is 0. The van der Waals surface area contributed by atoms with Crippen molar-refractivity contribution in [3.8, 4) is 0 Å². The third-order valence-electron chi connectivity index (χ3n) is 2.87. The van der Waals surface area contributed by atoms with Crippen LogP contribution < -0.4 is 10.2 Å². The second-order valence-corrected chi connectivity index (χ2v) is 5.05. The van der Waals surface area contributed by atoms with Gasteiger partial charge in [-0.05, 0) is 12.8 Å². The van der Waals surface area contributed by atoms with Gasteiger partial charge in [0.25, 0.3) is 0 Å². The van der Waals surface area contributed by atoms with E-state index in [1.165, 1.54) is 0 Å². The van der Waals surface area contributed by atoms with Crippen molar-refractivity contribution in [2.75, 3.05) is 0 Å². The number of carbonyl (C=O) groups is 2. The van der Waals surface area contributed by atoms with Gasteiger partial charge < -0.3 is 19.8 Å². The van der Waals surface area contributed by atoms with E-state index in [4.69, 9.17) is 0 Å². The molecule has 0 atom stereocenters. The maximum absolute atomic E-state index is 10.1. The molecule has 0 aliphatic rings. The summed E-state index contributed by atoms with van der Waals surface area (Å²) in [5.74, 6) is -1.94. The number of carboxylic acid groups (broad SMARTS) is 2. The van der Waals surface area contributed by atoms with E-state index in [-0.39, 0.29) is 17.1 Å². The zero-order chi connectivity index (χ0) is 13.6. The summed E-state index contributed by atoms with van der Waals surface area (Å²) < 4.78 is 0. The summed E-state index contributed by atoms with van der Waals surface area (Å²) in [4.78, 5) is 20.3. The van der Waals surface area contributed by atoms with Gasteiger partial charge in [0.2, 0.25) is 0 Å². The first-order valence-electron chi connectivity index (χ1n) is 5.44. The molecule has 5 heteroatoms. The first kappa shape index (κ1) is 21.7. The van der Waals surface area contributed by atoms with E-state index >= 15 is 0 Å². The molecular weight excluding hydrogens is 264 g/mol. The van der Waals surface area contributed by atoms with Crippen molar-refractivity contribution in [3.63, 3.8) is 0 Å². The van der Waals surface area contributed by atoms with Crippen molar-refractivity contribution >= 4 is 11.9 Å². The van der Waals surface area contributed by atoms with Gasteiger partial charge in [-0.25, -0.2) is 0 Å². The molecule has 0 radical (unpaired) electrons. The van der Waals surface area contributed by atoms with E-state index in [0.717, 1.165) is 0 Å². The molecule has 0 bridgehead atoms. The number of carbonyl (C=O) groups excluding carboxylic acids is 2. The molecule has 102 valence electrons. The van der Waals surface area contributed by atoms with Gasteiger partial charge in [0, 0.05) is 22.8 Å². The predicted octanol–water partition coefficient (Wildman–Crippen LogP) is 0.343. The van der Waals surface area contributed by atoms with E-state index in [1.54, 1.807) is 27.7 Å². The maximum Gasteiger partial charge on any atom is 2.00 e. The van der Waals surface area contributed by atoms with Gasteiger partial charge in [-0.3, -0.25) is 0 Å². The summed E-state index contributed by atoms with van der Waals surface area (Å²) in [5, 5.41) is 20.3. The van der Waals surface area contributed by atoms with Gasteiger partial charge in [-0.2, -0.15) is 0 Å². The molecule has 0 unspecified atom stereocenters. The van der Waals surface area contributed by atoms with Gasteiger partial charge >= 0.3 is 17.1 Å². The largest absolute Gasteiger partial charge is 2.00 e. The molecular formula is C12H22FeO4. The van der Waals surface area contributed by atoms with Crippen LogP contribution in [0.3, 0.4) is 0 Å². The zero-order valence-corrected chi connectivity index (χ0v) is 12.5. The average molecular weight is 286 g/mol. The smallest absolute Gasteiger partial charge is 0.550 e. The third-order valence-corrected chi connectivity index (χ3v) is 2.87. The molecule has 0 saturated heterocycles. The van der Waals surface area contributed by atoms with Gasteiger partial charge in [-0.15, -0.1) is 0 Å². The van der Waals surface area contributed by atoms with Gasteiger partial charge in [-0.1, -0.05) is 41.5 Å². The van der Waals surface area contributed by atoms with E-state index < -0.39 is 22.8 Å². The Kier molecular flexibility index (Phi) is 10.9. The van der Waals surface area contributed by atoms with Crippen LogP contribution in [-0.4, -0.2) is 11.9 Å². The monoisotopic (exact) mass is 286 g/mol. The third kappa shape index (κ3) is 9.19. The fraction of sp³-hybridized carbons (Fsp3) is 0.833. The maximum atomic E-state index is 10.1. The van der Waals surface area contributed by atoms with Crippen LogP contribution >= 0.6 is 0 Å². The van der Waals surface area contributed by atoms with Crippen molar-refractivity contribution in [3.05, 3.63) is 0 Å². The molecule has 0 aromatic carbocycles. The van der Waals surface area contributed by atoms with Gasteiger partial charge in [0.1, 0.15) is 0 Å². The minimum absolute atomic E-state index is 0. The fourth-order valence-corrected chi connectivity index (χ4v) is 0.289. The molecule has 0 spiro atoms. The van der Waals surface area contributed by atoms with E-state index in [0.29, 0.717) is 12.8 Å². The Labute approximate surface area is 114 Å². The summed E-state index contributed by atoms with van der Waals surface area (Å²) in [5.41, 5.74) is -1.31. The summed E-state index contributed by atoms with van der Waals surface area (Å²) in [7, 11) is 0. The Morgan fingerprint density at radius 1 is 0.824 bits per heavy atom. The first-order valence-corrected chi connectivity index (χ1v) is 5.44. The zero-order valence-electron chi connectivity index (χ0n) is 11.4. The summed E-state index contributed by atoms with van der Waals surface area (Å²) in [6.07, 6.45) is 1.24. The molecule has 0 aliphatic carbocycles. The summed E-state index contributed by atoms with van der Waals surface area (Å²) in [6.45, 7) is 10.3. The number of carboxylic acids is 2. The SMILES string of the molecule is CCC(C)(C)C(=O)[O-].CCC(C)(C)C(=O)[O-].[Fe+2]. The van der Waals surface area contributed by atoms with Crippen molar-refractivity contribution < 1.29 is 36.9 Å². The summed E-state index contributed by atoms with van der Waals surface area (Å²) >= 11 is 0. The van der Waals surface area contributed by atoms with Gasteiger partial charge in [0.15, 0.2) is 0 Å². The number of aliphatic carboxylic acids is 2. The molecule has 0 aromatic heterocycles. The Bertz CT molecular complexity index is 221. The molecule has 0 aromatic rings. The molecule has 0 N–H and O–H groups in total. The second-order valence-electron chi connectivity index (χ2n) is 5.05. The topological polar surface area (TPSA) is 80.3 Å². The Morgan fingerprint density at radius 3 is 1.00 bits per heavy atom. The second kappa shape index (κ2) is 8.54. The first-order chi connectivity index (χ1) is 7.01. The van der Waals surface area contributed by atoms with Crippen molar-refractivity contribution in [1.29, 1.82) is 0 Å². The minimum atomic E-state index is -0.972. The van der Waals surface area contributed by atoms with Crippen LogP contribution in [-0.2, 0) is 26.7 Å². The van der Waals surface area contributed by atoms with Crippen LogP contribution in [0.25, 0.3) is 0 Å². The number of rotatable bonds is 4. The normalized spacial score (nSPS) is 10.7. The standard InChI is InChI=1S/2C6H12O2.Fe/c2*1-4-6(2,3)5(7)8;/h2*4H2,1-3H3,(H,7,8);/q;;+2/p-2. The Balaban J connectivity index is -0.000000218. The molecule has 17 heavy (non-hydrogen) atoms. The number of hydrogen-bond acceptors (Lipinski definition) is 4. The number of hydrogen-bond donors (Lipinski definition) is 0. The quantitative estimate of drug-likeness (QED) is 0.698. The van der Waals surface area contributed by atoms with E-state index in [1.807, 2.05) is 13.8 Å². The van der Waals surface area contributed by atoms with Crippen LogP contribution in [0, 0.1) is 10.8 Å². The van der Waals surface area contributed by atoms with Crippen LogP contribution in [0.4, 0.5) is 0 Å². The van der Waals surface area contributed by atoms with Crippen molar-refractivity contribution in [2.45, 2.75) is 54.4 Å². The fourth-order valence-electron chi connectivity index (χ4n) is 0.289. The van der Waals surface area contributed by atoms with E-state index in [9.17, 15) is 19.8 Å². The molecule has 0 rings (SSSR count). The van der Waals surface area contributed by atoms with Crippen LogP contribution in [0.5, 0.6) is 0 Å². The van der Waals surface area contributed by atoms with Gasteiger partial charge in [0.05, 0.1) is 0 Å². The molecule has 0 heterocycles. The molecule has 4 nitrogen and oxygen atoms in total. The minimum Gasteiger partial charge on any atom is -0.550 e. The van der Waals surface area contributed by atoms with Crippen molar-refractivity contribution in [2.24, 2.45) is 10.8 Å². The Hall–Kier alpha value is -0.541. The van der Waals surface area contributed by atoms with Crippen LogP contribution in [0.2, 0.25) is 0 Å². The average Bonchev–Trinajstić information content (AvgIpc) is 2.18. The molecule has 0 aliphatic heterocycles. The van der Waals surface area contributed by atoms with Crippen molar-refractivity contribution in [1.82, 2.24) is 0 Å². The molecule has 0 fully saturated rings. The Morgan fingerprint density at radius 2 is 1.00 bits per heavy atom. The van der Waals surface area contributed by atoms with E-state index in [2.05, 4.69) is 0 Å². The molecule has 0 saturated carbocycles. The van der Waals surface area contributed by atoms with Crippen LogP contribution in [0.1, 0.15) is 54.4 Å².